The molecule has 4 amide bonds. The number of nitrogens with one attached hydrogen (secondary N) is 2. The maximum Gasteiger partial charge on any atom is 0.324 e. The highest BCUT2D eigenvalue weighted by atomic mass is 16.5. The summed E-state index contributed by atoms with van der Waals surface area (Å²) in [5, 5.41) is 11.0. The number of amides is 4. The fourth-order valence-electron chi connectivity index (χ4n) is 3.07. The molecule has 33 heavy (non-hydrogen) atoms. The second-order valence-electron chi connectivity index (χ2n) is 7.20. The van der Waals surface area contributed by atoms with Gasteiger partial charge in [-0.2, -0.15) is 0 Å². The van der Waals surface area contributed by atoms with Crippen molar-refractivity contribution in [1.82, 2.24) is 20.7 Å². The van der Waals surface area contributed by atoms with Crippen molar-refractivity contribution < 1.29 is 19.6 Å². The van der Waals surface area contributed by atoms with E-state index in [0.717, 1.165) is 16.7 Å². The summed E-state index contributed by atoms with van der Waals surface area (Å²) in [7, 11) is 0. The van der Waals surface area contributed by atoms with Crippen LogP contribution in [0.2, 0.25) is 0 Å². The molecule has 168 valence electrons. The number of hydrogen-bond acceptors (Lipinski definition) is 5. The summed E-state index contributed by atoms with van der Waals surface area (Å²) in [6.45, 7) is 0.691. The molecule has 3 N–H and O–H groups in total. The molecule has 2 aromatic carbocycles. The van der Waals surface area contributed by atoms with E-state index >= 15 is 0 Å². The Hall–Kier alpha value is -4.30. The first-order chi connectivity index (χ1) is 16.0. The van der Waals surface area contributed by atoms with Gasteiger partial charge in [0.15, 0.2) is 0 Å². The van der Waals surface area contributed by atoms with Crippen LogP contribution in [0, 0.1) is 0 Å². The summed E-state index contributed by atoms with van der Waals surface area (Å²) < 4.78 is 0. The van der Waals surface area contributed by atoms with Crippen LogP contribution < -0.4 is 10.8 Å². The van der Waals surface area contributed by atoms with Crippen molar-refractivity contribution in [2.75, 3.05) is 6.54 Å². The summed E-state index contributed by atoms with van der Waals surface area (Å²) in [5.74, 6) is -1.08. The second kappa shape index (κ2) is 11.9. The highest BCUT2D eigenvalue weighted by Crippen LogP contribution is 2.11. The largest absolute Gasteiger partial charge is 0.324 e. The van der Waals surface area contributed by atoms with Gasteiger partial charge < -0.3 is 4.90 Å². The Morgan fingerprint density at radius 1 is 0.909 bits per heavy atom. The summed E-state index contributed by atoms with van der Waals surface area (Å²) in [6.07, 6.45) is 6.76. The zero-order valence-electron chi connectivity index (χ0n) is 17.8. The molecular formula is C25H24N4O4. The Morgan fingerprint density at radius 2 is 1.61 bits per heavy atom. The lowest BCUT2D eigenvalue weighted by Gasteiger charge is -2.23. The van der Waals surface area contributed by atoms with Crippen LogP contribution in [0.15, 0.2) is 85.2 Å². The Kier molecular flexibility index (Phi) is 8.44. The van der Waals surface area contributed by atoms with Crippen LogP contribution in [0.1, 0.15) is 27.0 Å². The minimum atomic E-state index is -0.624. The van der Waals surface area contributed by atoms with Gasteiger partial charge in [0.25, 0.3) is 11.8 Å². The molecule has 1 heterocycles. The maximum absolute atomic E-state index is 12.9. The lowest BCUT2D eigenvalue weighted by Crippen LogP contribution is -2.43. The van der Waals surface area contributed by atoms with Crippen molar-refractivity contribution in [3.8, 4) is 0 Å². The van der Waals surface area contributed by atoms with Crippen LogP contribution in [0.4, 0.5) is 4.79 Å². The van der Waals surface area contributed by atoms with E-state index in [1.54, 1.807) is 65.8 Å². The van der Waals surface area contributed by atoms with Gasteiger partial charge in [0.2, 0.25) is 0 Å². The molecule has 0 radical (unpaired) electrons. The van der Waals surface area contributed by atoms with Gasteiger partial charge in [0.05, 0.1) is 0 Å². The molecule has 0 saturated carbocycles. The van der Waals surface area contributed by atoms with E-state index in [2.05, 4.69) is 10.3 Å². The second-order valence-corrected chi connectivity index (χ2v) is 7.20. The van der Waals surface area contributed by atoms with Gasteiger partial charge in [0, 0.05) is 37.1 Å². The lowest BCUT2D eigenvalue weighted by molar-refractivity contribution is -0.124. The number of carbonyl (C=O) groups is 3. The summed E-state index contributed by atoms with van der Waals surface area (Å²) in [4.78, 5) is 42.1. The molecule has 0 fully saturated rings. The van der Waals surface area contributed by atoms with E-state index in [4.69, 9.17) is 5.21 Å². The molecule has 0 atom stereocenters. The molecule has 3 rings (SSSR count). The smallest absolute Gasteiger partial charge is 0.320 e. The number of pyridine rings is 1. The summed E-state index contributed by atoms with van der Waals surface area (Å²) in [5.41, 5.74) is 4.58. The van der Waals surface area contributed by atoms with Crippen LogP contribution >= 0.6 is 0 Å². The third kappa shape index (κ3) is 7.41. The topological polar surface area (TPSA) is 112 Å². The average molecular weight is 444 g/mol. The molecule has 8 heteroatoms. The van der Waals surface area contributed by atoms with Crippen LogP contribution in [-0.4, -0.2) is 39.5 Å². The van der Waals surface area contributed by atoms with Gasteiger partial charge in [-0.25, -0.2) is 10.3 Å². The molecule has 0 aliphatic carbocycles. The van der Waals surface area contributed by atoms with Crippen molar-refractivity contribution in [3.63, 3.8) is 0 Å². The molecule has 0 spiro atoms. The maximum atomic E-state index is 12.9. The normalized spacial score (nSPS) is 10.6. The van der Waals surface area contributed by atoms with Crippen LogP contribution in [0.25, 0.3) is 6.08 Å². The SMILES string of the molecule is O=C(C=Cc1ccc(CN(CCc2ccncc2)C(=O)NC(=O)c2ccccc2)cc1)NO. The van der Waals surface area contributed by atoms with Gasteiger partial charge >= 0.3 is 6.03 Å². The molecule has 0 bridgehead atoms. The third-order valence-corrected chi connectivity index (χ3v) is 4.85. The number of urea groups is 1. The fraction of sp³-hybridized carbons (Fsp3) is 0.120. The van der Waals surface area contributed by atoms with Crippen molar-refractivity contribution >= 4 is 23.9 Å². The number of benzene rings is 2. The zero-order valence-corrected chi connectivity index (χ0v) is 17.8. The summed E-state index contributed by atoms with van der Waals surface area (Å²) in [6, 6.07) is 19.1. The molecular weight excluding hydrogens is 420 g/mol. The number of imide groups is 1. The molecule has 0 aliphatic heterocycles. The molecule has 0 unspecified atom stereocenters. The van der Waals surface area contributed by atoms with Gasteiger partial charge in [-0.3, -0.25) is 25.1 Å². The Labute approximate surface area is 191 Å². The monoisotopic (exact) mass is 444 g/mol. The predicted octanol–water partition coefficient (Wildman–Crippen LogP) is 3.19. The molecule has 0 aliphatic rings. The van der Waals surface area contributed by atoms with Crippen LogP contribution in [0.5, 0.6) is 0 Å². The Balaban J connectivity index is 1.70. The molecule has 1 aromatic heterocycles. The number of nitrogens with zero attached hydrogens (tertiary/aromatic N) is 2. The number of hydroxylamine groups is 1. The minimum Gasteiger partial charge on any atom is -0.320 e. The highest BCUT2D eigenvalue weighted by molar-refractivity contribution is 6.04. The number of rotatable bonds is 8. The van der Waals surface area contributed by atoms with Crippen molar-refractivity contribution in [2.45, 2.75) is 13.0 Å². The Bertz CT molecular complexity index is 1100. The van der Waals surface area contributed by atoms with Crippen molar-refractivity contribution in [1.29, 1.82) is 0 Å². The number of carbonyl (C=O) groups excluding carboxylic acids is 3. The van der Waals surface area contributed by atoms with Crippen molar-refractivity contribution in [3.05, 3.63) is 107 Å². The average Bonchev–Trinajstić information content (AvgIpc) is 2.86. The fourth-order valence-corrected chi connectivity index (χ4v) is 3.07. The van der Waals surface area contributed by atoms with Crippen LogP contribution in [-0.2, 0) is 17.8 Å². The summed E-state index contributed by atoms with van der Waals surface area (Å²) >= 11 is 0. The van der Waals surface area contributed by atoms with Crippen LogP contribution in [0.3, 0.4) is 0 Å². The lowest BCUT2D eigenvalue weighted by atomic mass is 10.1. The molecule has 0 saturated heterocycles. The minimum absolute atomic E-state index is 0.292. The van der Waals surface area contributed by atoms with E-state index in [0.29, 0.717) is 25.1 Å². The molecule has 3 aromatic rings. The van der Waals surface area contributed by atoms with E-state index in [1.807, 2.05) is 24.3 Å². The van der Waals surface area contributed by atoms with E-state index in [1.165, 1.54) is 11.6 Å². The highest BCUT2D eigenvalue weighted by Gasteiger charge is 2.18. The zero-order chi connectivity index (χ0) is 23.5. The van der Waals surface area contributed by atoms with E-state index in [9.17, 15) is 14.4 Å². The van der Waals surface area contributed by atoms with Gasteiger partial charge in [-0.1, -0.05) is 42.5 Å². The van der Waals surface area contributed by atoms with E-state index < -0.39 is 17.8 Å². The number of hydrogen-bond donors (Lipinski definition) is 3. The van der Waals surface area contributed by atoms with Gasteiger partial charge in [-0.15, -0.1) is 0 Å². The van der Waals surface area contributed by atoms with Crippen molar-refractivity contribution in [2.24, 2.45) is 0 Å². The first-order valence-corrected chi connectivity index (χ1v) is 10.3. The van der Waals surface area contributed by atoms with Gasteiger partial charge in [0.1, 0.15) is 0 Å². The first kappa shape index (κ1) is 23.4. The molecule has 8 nitrogen and oxygen atoms in total. The number of aromatic nitrogens is 1. The quantitative estimate of drug-likeness (QED) is 0.281. The third-order valence-electron chi connectivity index (χ3n) is 4.85. The van der Waals surface area contributed by atoms with Gasteiger partial charge in [-0.05, 0) is 53.5 Å². The van der Waals surface area contributed by atoms with E-state index in [-0.39, 0.29) is 0 Å². The predicted molar refractivity (Wildman–Crippen MR) is 123 cm³/mol. The standard InChI is InChI=1S/C25H24N4O4/c30-23(28-33)11-10-19-6-8-21(9-7-19)18-29(17-14-20-12-15-26-16-13-20)25(32)27-24(31)22-4-2-1-3-5-22/h1-13,15-16,33H,14,17-18H2,(H,28,30)(H,27,31,32). The Morgan fingerprint density at radius 3 is 2.27 bits per heavy atom. The first-order valence-electron chi connectivity index (χ1n) is 10.3.